The van der Waals surface area contributed by atoms with E-state index in [0.717, 1.165) is 31.2 Å². The highest BCUT2D eigenvalue weighted by atomic mass is 16.2. The zero-order valence-corrected chi connectivity index (χ0v) is 10.9. The lowest BCUT2D eigenvalue weighted by Gasteiger charge is -2.25. The van der Waals surface area contributed by atoms with Crippen LogP contribution in [0.1, 0.15) is 38.2 Å². The van der Waals surface area contributed by atoms with Crippen molar-refractivity contribution in [1.82, 2.24) is 9.88 Å². The van der Waals surface area contributed by atoms with Crippen LogP contribution in [0, 0.1) is 0 Å². The van der Waals surface area contributed by atoms with E-state index in [1.807, 2.05) is 23.2 Å². The van der Waals surface area contributed by atoms with Gasteiger partial charge in [0, 0.05) is 25.0 Å². The molecule has 0 aromatic carbocycles. The molecular weight excluding hydrogens is 226 g/mol. The zero-order valence-electron chi connectivity index (χ0n) is 10.9. The van der Waals surface area contributed by atoms with Crippen LogP contribution in [0.4, 0.5) is 0 Å². The second-order valence-electron chi connectivity index (χ2n) is 4.95. The van der Waals surface area contributed by atoms with Crippen LogP contribution in [-0.2, 0) is 11.3 Å². The molecule has 98 valence electrons. The van der Waals surface area contributed by atoms with Gasteiger partial charge in [-0.2, -0.15) is 0 Å². The second kappa shape index (κ2) is 5.96. The van der Waals surface area contributed by atoms with Crippen LogP contribution in [-0.4, -0.2) is 27.9 Å². The number of pyridine rings is 1. The fraction of sp³-hybridized carbons (Fsp3) is 0.571. The zero-order chi connectivity index (χ0) is 13.0. The van der Waals surface area contributed by atoms with Gasteiger partial charge < -0.3 is 10.6 Å². The van der Waals surface area contributed by atoms with Crippen LogP contribution in [0.2, 0.25) is 0 Å². The van der Waals surface area contributed by atoms with E-state index < -0.39 is 0 Å². The molecule has 0 saturated heterocycles. The first kappa shape index (κ1) is 13.0. The molecule has 1 aromatic rings. The van der Waals surface area contributed by atoms with Crippen LogP contribution >= 0.6 is 0 Å². The number of aromatic nitrogens is 1. The Morgan fingerprint density at radius 2 is 2.39 bits per heavy atom. The largest absolute Gasteiger partial charge is 0.334 e. The smallest absolute Gasteiger partial charge is 0.240 e. The molecule has 1 amide bonds. The number of carbonyl (C=O) groups is 1. The minimum atomic E-state index is -0.354. The third kappa shape index (κ3) is 3.29. The van der Waals surface area contributed by atoms with Crippen molar-refractivity contribution < 1.29 is 4.79 Å². The minimum Gasteiger partial charge on any atom is -0.334 e. The number of nitrogens with two attached hydrogens (primary N) is 1. The van der Waals surface area contributed by atoms with Gasteiger partial charge in [0.1, 0.15) is 0 Å². The second-order valence-corrected chi connectivity index (χ2v) is 4.95. The monoisotopic (exact) mass is 247 g/mol. The summed E-state index contributed by atoms with van der Waals surface area (Å²) in [5.41, 5.74) is 7.01. The van der Waals surface area contributed by atoms with Crippen LogP contribution in [0.15, 0.2) is 24.5 Å². The van der Waals surface area contributed by atoms with Crippen molar-refractivity contribution in [3.05, 3.63) is 30.1 Å². The Hall–Kier alpha value is -1.42. The molecule has 1 saturated carbocycles. The molecule has 2 rings (SSSR count). The summed E-state index contributed by atoms with van der Waals surface area (Å²) in [7, 11) is 0. The number of carbonyl (C=O) groups excluding carboxylic acids is 1. The van der Waals surface area contributed by atoms with Gasteiger partial charge in [0.05, 0.1) is 6.04 Å². The van der Waals surface area contributed by atoms with Crippen molar-refractivity contribution in [1.29, 1.82) is 0 Å². The first-order valence-electron chi connectivity index (χ1n) is 6.67. The van der Waals surface area contributed by atoms with Gasteiger partial charge >= 0.3 is 0 Å². The van der Waals surface area contributed by atoms with Gasteiger partial charge in [-0.1, -0.05) is 19.4 Å². The van der Waals surface area contributed by atoms with Crippen molar-refractivity contribution in [2.45, 2.75) is 51.2 Å². The summed E-state index contributed by atoms with van der Waals surface area (Å²) < 4.78 is 0. The molecular formula is C14H21N3O. The van der Waals surface area contributed by atoms with E-state index in [-0.39, 0.29) is 11.9 Å². The average molecular weight is 247 g/mol. The Labute approximate surface area is 108 Å². The lowest BCUT2D eigenvalue weighted by molar-refractivity contribution is -0.134. The standard InChI is InChI=1S/C14H21N3O/c1-2-4-13(15)14(18)17(12-6-7-12)10-11-5-3-8-16-9-11/h3,5,8-9,12-13H,2,4,6-7,10,15H2,1H3/t13-/m0/s1. The lowest BCUT2D eigenvalue weighted by Crippen LogP contribution is -2.44. The van der Waals surface area contributed by atoms with E-state index in [9.17, 15) is 4.79 Å². The molecule has 1 aromatic heterocycles. The number of hydrogen-bond acceptors (Lipinski definition) is 3. The van der Waals surface area contributed by atoms with Crippen LogP contribution in [0.25, 0.3) is 0 Å². The van der Waals surface area contributed by atoms with Crippen molar-refractivity contribution in [2.24, 2.45) is 5.73 Å². The van der Waals surface area contributed by atoms with Gasteiger partial charge in [0.2, 0.25) is 5.91 Å². The summed E-state index contributed by atoms with van der Waals surface area (Å²) >= 11 is 0. The number of nitrogens with zero attached hydrogens (tertiary/aromatic N) is 2. The Morgan fingerprint density at radius 1 is 1.61 bits per heavy atom. The first-order valence-corrected chi connectivity index (χ1v) is 6.67. The molecule has 2 N–H and O–H groups in total. The van der Waals surface area contributed by atoms with E-state index in [1.165, 1.54) is 0 Å². The highest BCUT2D eigenvalue weighted by Crippen LogP contribution is 2.29. The summed E-state index contributed by atoms with van der Waals surface area (Å²) in [6, 6.07) is 3.94. The normalized spacial score (nSPS) is 16.3. The van der Waals surface area contributed by atoms with Crippen LogP contribution in [0.5, 0.6) is 0 Å². The van der Waals surface area contributed by atoms with E-state index >= 15 is 0 Å². The quantitative estimate of drug-likeness (QED) is 0.832. The van der Waals surface area contributed by atoms with Gasteiger partial charge in [-0.05, 0) is 30.9 Å². The Kier molecular flexibility index (Phi) is 4.31. The molecule has 1 heterocycles. The summed E-state index contributed by atoms with van der Waals surface area (Å²) in [6.07, 6.45) is 7.46. The molecule has 4 heteroatoms. The number of amides is 1. The average Bonchev–Trinajstić information content (AvgIpc) is 3.21. The molecule has 18 heavy (non-hydrogen) atoms. The predicted octanol–water partition coefficient (Wildman–Crippen LogP) is 1.70. The molecule has 0 radical (unpaired) electrons. The first-order chi connectivity index (χ1) is 8.72. The third-order valence-corrected chi connectivity index (χ3v) is 3.26. The molecule has 0 aliphatic heterocycles. The van der Waals surface area contributed by atoms with E-state index in [2.05, 4.69) is 11.9 Å². The number of hydrogen-bond donors (Lipinski definition) is 1. The lowest BCUT2D eigenvalue weighted by atomic mass is 10.1. The maximum atomic E-state index is 12.3. The Morgan fingerprint density at radius 3 is 2.94 bits per heavy atom. The highest BCUT2D eigenvalue weighted by Gasteiger charge is 2.34. The maximum Gasteiger partial charge on any atom is 0.240 e. The molecule has 0 spiro atoms. The highest BCUT2D eigenvalue weighted by molar-refractivity contribution is 5.82. The minimum absolute atomic E-state index is 0.0863. The van der Waals surface area contributed by atoms with Crippen LogP contribution in [0.3, 0.4) is 0 Å². The summed E-state index contributed by atoms with van der Waals surface area (Å²) in [6.45, 7) is 2.68. The van der Waals surface area contributed by atoms with Crippen molar-refractivity contribution >= 4 is 5.91 Å². The van der Waals surface area contributed by atoms with E-state index in [4.69, 9.17) is 5.73 Å². The summed E-state index contributed by atoms with van der Waals surface area (Å²) in [5, 5.41) is 0. The molecule has 1 fully saturated rings. The Bertz CT molecular complexity index is 389. The van der Waals surface area contributed by atoms with Gasteiger partial charge in [0.25, 0.3) is 0 Å². The molecule has 1 aliphatic carbocycles. The summed E-state index contributed by atoms with van der Waals surface area (Å²) in [4.78, 5) is 18.3. The van der Waals surface area contributed by atoms with Gasteiger partial charge in [-0.25, -0.2) is 0 Å². The maximum absolute atomic E-state index is 12.3. The molecule has 0 bridgehead atoms. The van der Waals surface area contributed by atoms with Crippen LogP contribution < -0.4 is 5.73 Å². The predicted molar refractivity (Wildman–Crippen MR) is 70.7 cm³/mol. The van der Waals surface area contributed by atoms with Crippen molar-refractivity contribution in [2.75, 3.05) is 0 Å². The fourth-order valence-electron chi connectivity index (χ4n) is 2.11. The molecule has 1 atom stereocenters. The van der Waals surface area contributed by atoms with E-state index in [0.29, 0.717) is 12.6 Å². The molecule has 4 nitrogen and oxygen atoms in total. The SMILES string of the molecule is CCC[C@H](N)C(=O)N(Cc1cccnc1)C1CC1. The topological polar surface area (TPSA) is 59.2 Å². The molecule has 1 aliphatic rings. The van der Waals surface area contributed by atoms with E-state index in [1.54, 1.807) is 6.20 Å². The van der Waals surface area contributed by atoms with Crippen molar-refractivity contribution in [3.63, 3.8) is 0 Å². The third-order valence-electron chi connectivity index (χ3n) is 3.26. The summed E-state index contributed by atoms with van der Waals surface area (Å²) in [5.74, 6) is 0.0863. The molecule has 0 unspecified atom stereocenters. The van der Waals surface area contributed by atoms with Gasteiger partial charge in [-0.3, -0.25) is 9.78 Å². The van der Waals surface area contributed by atoms with Crippen molar-refractivity contribution in [3.8, 4) is 0 Å². The fourth-order valence-corrected chi connectivity index (χ4v) is 2.11. The Balaban J connectivity index is 2.02. The van der Waals surface area contributed by atoms with Gasteiger partial charge in [-0.15, -0.1) is 0 Å². The number of rotatable bonds is 6. The van der Waals surface area contributed by atoms with Gasteiger partial charge in [0.15, 0.2) is 0 Å².